The van der Waals surface area contributed by atoms with Gasteiger partial charge in [0, 0.05) is 12.8 Å². The molecule has 14 heavy (non-hydrogen) atoms. The van der Waals surface area contributed by atoms with Crippen molar-refractivity contribution in [2.75, 3.05) is 6.61 Å². The minimum Gasteiger partial charge on any atom is -0.444 e. The van der Waals surface area contributed by atoms with Crippen molar-refractivity contribution in [1.82, 2.24) is 0 Å². The number of carbonyl (C=O) groups excluding carboxylic acids is 2. The highest BCUT2D eigenvalue weighted by atomic mass is 16.6. The largest absolute Gasteiger partial charge is 0.444 e. The Kier molecular flexibility index (Phi) is 3.10. The molecule has 1 atom stereocenters. The van der Waals surface area contributed by atoms with Crippen LogP contribution in [0.15, 0.2) is 0 Å². The molecule has 0 aromatic rings. The van der Waals surface area contributed by atoms with E-state index >= 15 is 0 Å². The number of Topliss-reactive ketones (excluding diaryl/α,β-unsaturated/α-hetero) is 1. The van der Waals surface area contributed by atoms with Gasteiger partial charge in [-0.05, 0) is 13.8 Å². The average Bonchev–Trinajstić information content (AvgIpc) is 2.30. The topological polar surface area (TPSA) is 78.6 Å². The van der Waals surface area contributed by atoms with E-state index in [1.807, 2.05) is 0 Å². The fraction of sp³-hybridized carbons (Fsp3) is 0.778. The summed E-state index contributed by atoms with van der Waals surface area (Å²) in [7, 11) is 0. The molecule has 1 aliphatic heterocycles. The molecule has 0 bridgehead atoms. The maximum absolute atomic E-state index is 10.9. The Bertz CT molecular complexity index is 249. The molecular formula is C9H15NO4. The fourth-order valence-electron chi connectivity index (χ4n) is 1.58. The minimum absolute atomic E-state index is 0.0878. The van der Waals surface area contributed by atoms with Crippen molar-refractivity contribution < 1.29 is 19.1 Å². The molecule has 1 aliphatic rings. The van der Waals surface area contributed by atoms with E-state index < -0.39 is 11.7 Å². The molecule has 1 amide bonds. The first-order valence-electron chi connectivity index (χ1n) is 4.51. The Morgan fingerprint density at radius 2 is 2.36 bits per heavy atom. The molecule has 5 heteroatoms. The lowest BCUT2D eigenvalue weighted by Gasteiger charge is -2.26. The molecule has 0 spiro atoms. The van der Waals surface area contributed by atoms with Crippen molar-refractivity contribution >= 4 is 11.9 Å². The number of nitrogens with two attached hydrogens (primary N) is 1. The van der Waals surface area contributed by atoms with E-state index in [1.54, 1.807) is 13.8 Å². The summed E-state index contributed by atoms with van der Waals surface area (Å²) >= 11 is 0. The molecule has 1 fully saturated rings. The van der Waals surface area contributed by atoms with E-state index in [0.717, 1.165) is 0 Å². The standard InChI is InChI=1S/C9H15NO4/c1-9(2,14-8(10)12)4-7-3-6(11)5-13-7/h7H,3-5H2,1-2H3,(H2,10,12). The van der Waals surface area contributed by atoms with E-state index in [4.69, 9.17) is 15.2 Å². The highest BCUT2D eigenvalue weighted by Gasteiger charge is 2.31. The Labute approximate surface area is 82.5 Å². The van der Waals surface area contributed by atoms with Gasteiger partial charge in [-0.15, -0.1) is 0 Å². The van der Waals surface area contributed by atoms with Gasteiger partial charge in [0.25, 0.3) is 0 Å². The van der Waals surface area contributed by atoms with Crippen molar-refractivity contribution in [3.63, 3.8) is 0 Å². The normalized spacial score (nSPS) is 22.4. The highest BCUT2D eigenvalue weighted by Crippen LogP contribution is 2.23. The van der Waals surface area contributed by atoms with Gasteiger partial charge in [0.15, 0.2) is 5.78 Å². The van der Waals surface area contributed by atoms with E-state index in [2.05, 4.69) is 0 Å². The SMILES string of the molecule is CC(C)(CC1CC(=O)CO1)OC(N)=O. The van der Waals surface area contributed by atoms with Crippen molar-refractivity contribution in [3.8, 4) is 0 Å². The maximum Gasteiger partial charge on any atom is 0.405 e. The van der Waals surface area contributed by atoms with Gasteiger partial charge in [0.05, 0.1) is 6.10 Å². The first kappa shape index (κ1) is 11.0. The van der Waals surface area contributed by atoms with Gasteiger partial charge in [-0.1, -0.05) is 0 Å². The first-order chi connectivity index (χ1) is 6.39. The Morgan fingerprint density at radius 1 is 1.71 bits per heavy atom. The predicted octanol–water partition coefficient (Wildman–Crippen LogP) is 0.608. The van der Waals surface area contributed by atoms with Crippen LogP contribution in [0.25, 0.3) is 0 Å². The second kappa shape index (κ2) is 3.96. The summed E-state index contributed by atoms with van der Waals surface area (Å²) in [6, 6.07) is 0. The van der Waals surface area contributed by atoms with Crippen LogP contribution in [0.4, 0.5) is 4.79 Å². The van der Waals surface area contributed by atoms with Crippen LogP contribution in [-0.4, -0.2) is 30.2 Å². The summed E-state index contributed by atoms with van der Waals surface area (Å²) in [4.78, 5) is 21.4. The second-order valence-corrected chi connectivity index (χ2v) is 4.06. The zero-order valence-corrected chi connectivity index (χ0v) is 8.41. The maximum atomic E-state index is 10.9. The quantitative estimate of drug-likeness (QED) is 0.725. The van der Waals surface area contributed by atoms with Crippen LogP contribution in [0.3, 0.4) is 0 Å². The van der Waals surface area contributed by atoms with Crippen molar-refractivity contribution in [3.05, 3.63) is 0 Å². The Morgan fingerprint density at radius 3 is 2.79 bits per heavy atom. The molecule has 0 radical (unpaired) electrons. The molecular weight excluding hydrogens is 186 g/mol. The molecule has 0 saturated carbocycles. The third kappa shape index (κ3) is 3.33. The van der Waals surface area contributed by atoms with E-state index in [0.29, 0.717) is 12.8 Å². The number of rotatable bonds is 3. The molecule has 5 nitrogen and oxygen atoms in total. The van der Waals surface area contributed by atoms with Crippen molar-refractivity contribution in [1.29, 1.82) is 0 Å². The lowest BCUT2D eigenvalue weighted by Crippen LogP contribution is -2.34. The summed E-state index contributed by atoms with van der Waals surface area (Å²) in [5.41, 5.74) is 4.23. The predicted molar refractivity (Wildman–Crippen MR) is 48.7 cm³/mol. The number of hydrogen-bond donors (Lipinski definition) is 1. The molecule has 1 saturated heterocycles. The fourth-order valence-corrected chi connectivity index (χ4v) is 1.58. The van der Waals surface area contributed by atoms with Crippen LogP contribution in [-0.2, 0) is 14.3 Å². The minimum atomic E-state index is -0.806. The lowest BCUT2D eigenvalue weighted by molar-refractivity contribution is -0.117. The van der Waals surface area contributed by atoms with Crippen LogP contribution in [0.5, 0.6) is 0 Å². The molecule has 80 valence electrons. The number of primary amides is 1. The molecule has 0 aliphatic carbocycles. The molecule has 1 rings (SSSR count). The van der Waals surface area contributed by atoms with Crippen molar-refractivity contribution in [2.24, 2.45) is 5.73 Å². The van der Waals surface area contributed by atoms with Gasteiger partial charge in [0.2, 0.25) is 0 Å². The van der Waals surface area contributed by atoms with Crippen LogP contribution in [0.2, 0.25) is 0 Å². The number of ether oxygens (including phenoxy) is 2. The van der Waals surface area contributed by atoms with E-state index in [-0.39, 0.29) is 18.5 Å². The zero-order valence-electron chi connectivity index (χ0n) is 8.41. The number of ketones is 1. The van der Waals surface area contributed by atoms with E-state index in [1.165, 1.54) is 0 Å². The van der Waals surface area contributed by atoms with Crippen molar-refractivity contribution in [2.45, 2.75) is 38.4 Å². The van der Waals surface area contributed by atoms with Gasteiger partial charge in [0.1, 0.15) is 12.2 Å². The number of hydrogen-bond acceptors (Lipinski definition) is 4. The molecule has 0 aromatic carbocycles. The summed E-state index contributed by atoms with van der Waals surface area (Å²) in [5, 5.41) is 0. The third-order valence-corrected chi connectivity index (χ3v) is 2.03. The first-order valence-corrected chi connectivity index (χ1v) is 4.51. The second-order valence-electron chi connectivity index (χ2n) is 4.06. The van der Waals surface area contributed by atoms with Crippen LogP contribution >= 0.6 is 0 Å². The zero-order chi connectivity index (χ0) is 10.8. The Hall–Kier alpha value is -1.10. The third-order valence-electron chi connectivity index (χ3n) is 2.03. The van der Waals surface area contributed by atoms with Crippen LogP contribution in [0, 0.1) is 0 Å². The monoisotopic (exact) mass is 201 g/mol. The average molecular weight is 201 g/mol. The van der Waals surface area contributed by atoms with Gasteiger partial charge in [-0.25, -0.2) is 4.79 Å². The van der Waals surface area contributed by atoms with Gasteiger partial charge in [-0.2, -0.15) is 0 Å². The van der Waals surface area contributed by atoms with Crippen LogP contribution in [0.1, 0.15) is 26.7 Å². The molecule has 1 unspecified atom stereocenters. The van der Waals surface area contributed by atoms with E-state index in [9.17, 15) is 9.59 Å². The van der Waals surface area contributed by atoms with Crippen LogP contribution < -0.4 is 5.73 Å². The van der Waals surface area contributed by atoms with Gasteiger partial charge >= 0.3 is 6.09 Å². The lowest BCUT2D eigenvalue weighted by atomic mass is 9.99. The highest BCUT2D eigenvalue weighted by molar-refractivity contribution is 5.81. The summed E-state index contributed by atoms with van der Waals surface area (Å²) in [6.45, 7) is 3.64. The number of amides is 1. The molecule has 1 heterocycles. The van der Waals surface area contributed by atoms with Gasteiger partial charge in [-0.3, -0.25) is 4.79 Å². The van der Waals surface area contributed by atoms with Gasteiger partial charge < -0.3 is 15.2 Å². The number of carbonyl (C=O) groups is 2. The molecule has 2 N–H and O–H groups in total. The summed E-state index contributed by atoms with van der Waals surface area (Å²) in [5.74, 6) is 0.0878. The Balaban J connectivity index is 2.42. The summed E-state index contributed by atoms with van der Waals surface area (Å²) in [6.07, 6.45) is -0.0797. The smallest absolute Gasteiger partial charge is 0.405 e. The molecule has 0 aromatic heterocycles. The summed E-state index contributed by atoms with van der Waals surface area (Å²) < 4.78 is 10.1.